The molecule has 0 saturated carbocycles. The molecular formula is C14H20N2O3S. The van der Waals surface area contributed by atoms with E-state index in [2.05, 4.69) is 4.99 Å². The Bertz CT molecular complexity index is 579. The zero-order valence-electron chi connectivity index (χ0n) is 12.0. The highest BCUT2D eigenvalue weighted by Crippen LogP contribution is 2.19. The Morgan fingerprint density at radius 3 is 2.45 bits per heavy atom. The van der Waals surface area contributed by atoms with Gasteiger partial charge in [-0.15, -0.1) is 0 Å². The van der Waals surface area contributed by atoms with Crippen molar-refractivity contribution in [3.8, 4) is 5.75 Å². The second-order valence-corrected chi connectivity index (χ2v) is 7.38. The van der Waals surface area contributed by atoms with E-state index in [1.165, 1.54) is 0 Å². The van der Waals surface area contributed by atoms with Crippen molar-refractivity contribution in [3.05, 3.63) is 29.8 Å². The van der Waals surface area contributed by atoms with Crippen molar-refractivity contribution < 1.29 is 13.2 Å². The molecule has 110 valence electrons. The Labute approximate surface area is 120 Å². The van der Waals surface area contributed by atoms with Gasteiger partial charge in [-0.25, -0.2) is 8.42 Å². The third-order valence-corrected chi connectivity index (χ3v) is 5.19. The van der Waals surface area contributed by atoms with E-state index >= 15 is 0 Å². The van der Waals surface area contributed by atoms with Crippen molar-refractivity contribution in [1.29, 1.82) is 0 Å². The number of hydrogen-bond donors (Lipinski definition) is 0. The van der Waals surface area contributed by atoms with E-state index < -0.39 is 9.84 Å². The van der Waals surface area contributed by atoms with Gasteiger partial charge in [0.15, 0.2) is 9.84 Å². The molecule has 0 aromatic heterocycles. The van der Waals surface area contributed by atoms with Crippen molar-refractivity contribution in [2.75, 3.05) is 32.7 Å². The third kappa shape index (κ3) is 3.58. The number of ether oxygens (including phenoxy) is 1. The number of benzene rings is 1. The number of rotatable bonds is 4. The first-order chi connectivity index (χ1) is 9.41. The maximum atomic E-state index is 11.7. The van der Waals surface area contributed by atoms with Gasteiger partial charge in [-0.3, -0.25) is 4.99 Å². The maximum Gasteiger partial charge on any atom is 0.154 e. The van der Waals surface area contributed by atoms with Crippen LogP contribution in [0.1, 0.15) is 5.56 Å². The van der Waals surface area contributed by atoms with Crippen molar-refractivity contribution in [3.63, 3.8) is 0 Å². The SMILES string of the molecule is COc1ccc(C=N[C@@H]2CS(=O)(=O)C[C@H]2N(C)C)cc1. The second kappa shape index (κ2) is 5.93. The fourth-order valence-corrected chi connectivity index (χ4v) is 4.32. The minimum atomic E-state index is -2.98. The molecular weight excluding hydrogens is 276 g/mol. The fraction of sp³-hybridized carbons (Fsp3) is 0.500. The van der Waals surface area contributed by atoms with Crippen molar-refractivity contribution in [1.82, 2.24) is 4.90 Å². The summed E-state index contributed by atoms with van der Waals surface area (Å²) in [5.41, 5.74) is 0.938. The lowest BCUT2D eigenvalue weighted by molar-refractivity contribution is 0.297. The van der Waals surface area contributed by atoms with Crippen molar-refractivity contribution in [2.45, 2.75) is 12.1 Å². The molecule has 0 radical (unpaired) electrons. The summed E-state index contributed by atoms with van der Waals surface area (Å²) in [5.74, 6) is 1.10. The molecule has 1 heterocycles. The number of likely N-dealkylation sites (N-methyl/N-ethyl adjacent to an activating group) is 1. The lowest BCUT2D eigenvalue weighted by atomic mass is 10.1. The third-order valence-electron chi connectivity index (χ3n) is 3.49. The quantitative estimate of drug-likeness (QED) is 0.773. The lowest BCUT2D eigenvalue weighted by Gasteiger charge is -2.21. The number of methoxy groups -OCH3 is 1. The van der Waals surface area contributed by atoms with Gasteiger partial charge in [0.2, 0.25) is 0 Å². The van der Waals surface area contributed by atoms with Crippen LogP contribution in [0.4, 0.5) is 0 Å². The standard InChI is InChI=1S/C14H20N2O3S/c1-16(2)14-10-20(17,18)9-13(14)15-8-11-4-6-12(19-3)7-5-11/h4-8,13-14H,9-10H2,1-3H3/t13-,14-/m1/s1. The molecule has 1 aromatic carbocycles. The summed E-state index contributed by atoms with van der Waals surface area (Å²) in [4.78, 5) is 6.39. The summed E-state index contributed by atoms with van der Waals surface area (Å²) < 4.78 is 28.6. The van der Waals surface area contributed by atoms with E-state index in [0.717, 1.165) is 11.3 Å². The van der Waals surface area contributed by atoms with Crippen LogP contribution in [0, 0.1) is 0 Å². The molecule has 5 nitrogen and oxygen atoms in total. The summed E-state index contributed by atoms with van der Waals surface area (Å²) in [5, 5.41) is 0. The van der Waals surface area contributed by atoms with Gasteiger partial charge in [0, 0.05) is 12.3 Å². The molecule has 1 aliphatic heterocycles. The van der Waals surface area contributed by atoms with Crippen molar-refractivity contribution in [2.24, 2.45) is 4.99 Å². The molecule has 0 spiro atoms. The van der Waals surface area contributed by atoms with Crippen LogP contribution in [0.25, 0.3) is 0 Å². The predicted octanol–water partition coefficient (Wildman–Crippen LogP) is 0.841. The van der Waals surface area contributed by atoms with Crippen LogP contribution in [0.3, 0.4) is 0 Å². The first-order valence-electron chi connectivity index (χ1n) is 6.45. The average Bonchev–Trinajstić information content (AvgIpc) is 2.72. The first kappa shape index (κ1) is 15.0. The average molecular weight is 296 g/mol. The Balaban J connectivity index is 2.12. The minimum absolute atomic E-state index is 0.0468. The monoisotopic (exact) mass is 296 g/mol. The van der Waals surface area contributed by atoms with Crippen LogP contribution >= 0.6 is 0 Å². The van der Waals surface area contributed by atoms with Crippen LogP contribution in [0.15, 0.2) is 29.3 Å². The Hall–Kier alpha value is -1.40. The smallest absolute Gasteiger partial charge is 0.154 e. The number of sulfone groups is 1. The molecule has 1 fully saturated rings. The fourth-order valence-electron chi connectivity index (χ4n) is 2.32. The summed E-state index contributed by atoms with van der Waals surface area (Å²) >= 11 is 0. The van der Waals surface area contributed by atoms with Crippen LogP contribution in [0.2, 0.25) is 0 Å². The van der Waals surface area contributed by atoms with Crippen LogP contribution in [-0.4, -0.2) is 64.3 Å². The van der Waals surface area contributed by atoms with Gasteiger partial charge in [-0.1, -0.05) is 0 Å². The maximum absolute atomic E-state index is 11.7. The highest BCUT2D eigenvalue weighted by Gasteiger charge is 2.38. The molecule has 1 aliphatic rings. The molecule has 0 amide bonds. The van der Waals surface area contributed by atoms with Gasteiger partial charge < -0.3 is 9.64 Å². The molecule has 20 heavy (non-hydrogen) atoms. The largest absolute Gasteiger partial charge is 0.497 e. The van der Waals surface area contributed by atoms with Crippen molar-refractivity contribution >= 4 is 16.1 Å². The summed E-state index contributed by atoms with van der Waals surface area (Å²) in [7, 11) is 2.42. The van der Waals surface area contributed by atoms with Gasteiger partial charge in [0.25, 0.3) is 0 Å². The van der Waals surface area contributed by atoms with E-state index in [4.69, 9.17) is 4.74 Å². The molecule has 1 aromatic rings. The van der Waals surface area contributed by atoms with E-state index in [1.807, 2.05) is 43.3 Å². The normalized spacial score (nSPS) is 25.4. The van der Waals surface area contributed by atoms with Gasteiger partial charge in [-0.05, 0) is 43.9 Å². The lowest BCUT2D eigenvalue weighted by Crippen LogP contribution is -2.37. The Kier molecular flexibility index (Phi) is 4.45. The van der Waals surface area contributed by atoms with Gasteiger partial charge in [-0.2, -0.15) is 0 Å². The summed E-state index contributed by atoms with van der Waals surface area (Å²) in [6.07, 6.45) is 1.74. The van der Waals surface area contributed by atoms with Crippen LogP contribution in [-0.2, 0) is 9.84 Å². The van der Waals surface area contributed by atoms with Crippen LogP contribution < -0.4 is 4.74 Å². The highest BCUT2D eigenvalue weighted by atomic mass is 32.2. The molecule has 1 saturated heterocycles. The first-order valence-corrected chi connectivity index (χ1v) is 8.27. The Morgan fingerprint density at radius 1 is 1.25 bits per heavy atom. The molecule has 6 heteroatoms. The summed E-state index contributed by atoms with van der Waals surface area (Å²) in [6, 6.07) is 7.27. The minimum Gasteiger partial charge on any atom is -0.497 e. The molecule has 0 unspecified atom stereocenters. The summed E-state index contributed by atoms with van der Waals surface area (Å²) in [6.45, 7) is 0. The zero-order valence-corrected chi connectivity index (χ0v) is 12.8. The number of aliphatic imine (C=N–C) groups is 1. The topological polar surface area (TPSA) is 59.0 Å². The second-order valence-electron chi connectivity index (χ2n) is 5.23. The van der Waals surface area contributed by atoms with Gasteiger partial charge in [0.1, 0.15) is 5.75 Å². The van der Waals surface area contributed by atoms with E-state index in [0.29, 0.717) is 0 Å². The van der Waals surface area contributed by atoms with E-state index in [9.17, 15) is 8.42 Å². The molecule has 0 bridgehead atoms. The Morgan fingerprint density at radius 2 is 1.90 bits per heavy atom. The zero-order chi connectivity index (χ0) is 14.8. The molecule has 0 N–H and O–H groups in total. The highest BCUT2D eigenvalue weighted by molar-refractivity contribution is 7.91. The number of nitrogens with zero attached hydrogens (tertiary/aromatic N) is 2. The predicted molar refractivity (Wildman–Crippen MR) is 80.5 cm³/mol. The number of hydrogen-bond acceptors (Lipinski definition) is 5. The molecule has 0 aliphatic carbocycles. The van der Waals surface area contributed by atoms with E-state index in [-0.39, 0.29) is 23.6 Å². The van der Waals surface area contributed by atoms with Gasteiger partial charge in [0.05, 0.1) is 24.7 Å². The van der Waals surface area contributed by atoms with Crippen LogP contribution in [0.5, 0.6) is 5.75 Å². The molecule has 2 atom stereocenters. The van der Waals surface area contributed by atoms with E-state index in [1.54, 1.807) is 13.3 Å². The van der Waals surface area contributed by atoms with Gasteiger partial charge >= 0.3 is 0 Å². The molecule has 2 rings (SSSR count).